The van der Waals surface area contributed by atoms with Gasteiger partial charge in [-0.15, -0.1) is 0 Å². The van der Waals surface area contributed by atoms with Gasteiger partial charge in [-0.05, 0) is 17.8 Å². The van der Waals surface area contributed by atoms with Gasteiger partial charge in [0.15, 0.2) is 0 Å². The number of hydrogen-bond acceptors (Lipinski definition) is 0. The minimum absolute atomic E-state index is 0.513. The minimum Gasteiger partial charge on any atom is -0.0654 e. The van der Waals surface area contributed by atoms with Crippen molar-refractivity contribution in [2.45, 2.75) is 105 Å². The van der Waals surface area contributed by atoms with Gasteiger partial charge in [-0.3, -0.25) is 0 Å². The van der Waals surface area contributed by atoms with Gasteiger partial charge in [-0.1, -0.05) is 98.8 Å². The van der Waals surface area contributed by atoms with Crippen LogP contribution in [0.3, 0.4) is 0 Å². The summed E-state index contributed by atoms with van der Waals surface area (Å²) in [5.74, 6) is 0.912. The zero-order chi connectivity index (χ0) is 13.9. The Hall–Kier alpha value is 0. The third kappa shape index (κ3) is 14.1. The van der Waals surface area contributed by atoms with Crippen molar-refractivity contribution in [3.05, 3.63) is 0 Å². The molecule has 18 heavy (non-hydrogen) atoms. The van der Waals surface area contributed by atoms with E-state index in [2.05, 4.69) is 34.6 Å². The van der Waals surface area contributed by atoms with E-state index in [9.17, 15) is 0 Å². The lowest BCUT2D eigenvalue weighted by Crippen LogP contribution is -2.10. The zero-order valence-electron chi connectivity index (χ0n) is 13.9. The molecule has 0 aromatic heterocycles. The molecule has 0 saturated carbocycles. The Morgan fingerprint density at radius 1 is 0.722 bits per heavy atom. The molecule has 0 heterocycles. The van der Waals surface area contributed by atoms with Crippen molar-refractivity contribution >= 4 is 0 Å². The average Bonchev–Trinajstić information content (AvgIpc) is 2.24. The van der Waals surface area contributed by atoms with E-state index in [1.54, 1.807) is 0 Å². The standard InChI is InChI=1S/C18H38/c1-6-7-8-9-10-11-12-13-14-15-17(2)16-18(3,4)5/h17H,6-16H2,1-5H3. The molecule has 1 atom stereocenters. The summed E-state index contributed by atoms with van der Waals surface area (Å²) in [6.45, 7) is 11.8. The van der Waals surface area contributed by atoms with E-state index < -0.39 is 0 Å². The first-order chi connectivity index (χ1) is 8.45. The lowest BCUT2D eigenvalue weighted by Gasteiger charge is -2.23. The fraction of sp³-hybridized carbons (Fsp3) is 1.00. The topological polar surface area (TPSA) is 0 Å². The van der Waals surface area contributed by atoms with Crippen LogP contribution in [0.15, 0.2) is 0 Å². The average molecular weight is 255 g/mol. The van der Waals surface area contributed by atoms with Crippen LogP contribution in [0, 0.1) is 11.3 Å². The normalized spacial score (nSPS) is 13.8. The van der Waals surface area contributed by atoms with Gasteiger partial charge in [0.1, 0.15) is 0 Å². The van der Waals surface area contributed by atoms with Crippen molar-refractivity contribution < 1.29 is 0 Å². The van der Waals surface area contributed by atoms with Crippen molar-refractivity contribution in [2.24, 2.45) is 11.3 Å². The molecule has 0 rings (SSSR count). The highest BCUT2D eigenvalue weighted by Crippen LogP contribution is 2.27. The summed E-state index contributed by atoms with van der Waals surface area (Å²) >= 11 is 0. The van der Waals surface area contributed by atoms with E-state index in [-0.39, 0.29) is 0 Å². The van der Waals surface area contributed by atoms with Gasteiger partial charge < -0.3 is 0 Å². The Balaban J connectivity index is 3.20. The van der Waals surface area contributed by atoms with Gasteiger partial charge >= 0.3 is 0 Å². The summed E-state index contributed by atoms with van der Waals surface area (Å²) in [5, 5.41) is 0. The number of hydrogen-bond donors (Lipinski definition) is 0. The molecular formula is C18H38. The first-order valence-electron chi connectivity index (χ1n) is 8.45. The molecule has 0 aliphatic rings. The largest absolute Gasteiger partial charge is 0.0654 e. The summed E-state index contributed by atoms with van der Waals surface area (Å²) in [6.07, 6.45) is 15.9. The first-order valence-corrected chi connectivity index (χ1v) is 8.45. The summed E-state index contributed by atoms with van der Waals surface area (Å²) in [4.78, 5) is 0. The fourth-order valence-corrected chi connectivity index (χ4v) is 2.95. The van der Waals surface area contributed by atoms with E-state index in [1.165, 1.54) is 70.6 Å². The molecule has 0 nitrogen and oxygen atoms in total. The molecule has 0 spiro atoms. The van der Waals surface area contributed by atoms with Crippen molar-refractivity contribution in [2.75, 3.05) is 0 Å². The summed E-state index contributed by atoms with van der Waals surface area (Å²) in [7, 11) is 0. The molecule has 0 aromatic carbocycles. The second-order valence-corrected chi connectivity index (χ2v) is 7.49. The molecule has 0 N–H and O–H groups in total. The maximum Gasteiger partial charge on any atom is -0.0380 e. The monoisotopic (exact) mass is 254 g/mol. The molecule has 0 saturated heterocycles. The molecule has 0 heteroatoms. The molecule has 0 aliphatic heterocycles. The van der Waals surface area contributed by atoms with Gasteiger partial charge in [0.2, 0.25) is 0 Å². The Labute approximate surface area is 117 Å². The third-order valence-corrected chi connectivity index (χ3v) is 3.76. The van der Waals surface area contributed by atoms with Crippen LogP contribution in [0.4, 0.5) is 0 Å². The van der Waals surface area contributed by atoms with E-state index in [1.807, 2.05) is 0 Å². The lowest BCUT2D eigenvalue weighted by molar-refractivity contribution is 0.291. The van der Waals surface area contributed by atoms with Crippen LogP contribution in [0.5, 0.6) is 0 Å². The van der Waals surface area contributed by atoms with Crippen LogP contribution in [-0.2, 0) is 0 Å². The van der Waals surface area contributed by atoms with Crippen LogP contribution in [-0.4, -0.2) is 0 Å². The second-order valence-electron chi connectivity index (χ2n) is 7.49. The Bertz CT molecular complexity index is 163. The zero-order valence-corrected chi connectivity index (χ0v) is 13.9. The molecular weight excluding hydrogens is 216 g/mol. The van der Waals surface area contributed by atoms with Gasteiger partial charge in [0.25, 0.3) is 0 Å². The Morgan fingerprint density at radius 2 is 1.17 bits per heavy atom. The Kier molecular flexibility index (Phi) is 10.9. The van der Waals surface area contributed by atoms with E-state index in [4.69, 9.17) is 0 Å². The minimum atomic E-state index is 0.513. The summed E-state index contributed by atoms with van der Waals surface area (Å²) in [5.41, 5.74) is 0.513. The highest BCUT2D eigenvalue weighted by atomic mass is 14.2. The maximum absolute atomic E-state index is 2.43. The first kappa shape index (κ1) is 18.0. The van der Waals surface area contributed by atoms with Crippen LogP contribution in [0.1, 0.15) is 105 Å². The predicted octanol–water partition coefficient (Wildman–Crippen LogP) is 6.98. The van der Waals surface area contributed by atoms with Crippen LogP contribution in [0.2, 0.25) is 0 Å². The van der Waals surface area contributed by atoms with Gasteiger partial charge in [0, 0.05) is 0 Å². The Morgan fingerprint density at radius 3 is 1.61 bits per heavy atom. The van der Waals surface area contributed by atoms with Crippen molar-refractivity contribution in [3.63, 3.8) is 0 Å². The van der Waals surface area contributed by atoms with E-state index >= 15 is 0 Å². The molecule has 0 fully saturated rings. The molecule has 0 aliphatic carbocycles. The maximum atomic E-state index is 2.43. The van der Waals surface area contributed by atoms with Crippen LogP contribution in [0.25, 0.3) is 0 Å². The fourth-order valence-electron chi connectivity index (χ4n) is 2.95. The summed E-state index contributed by atoms with van der Waals surface area (Å²) in [6, 6.07) is 0. The SMILES string of the molecule is CCCCCCCCCCCC(C)CC(C)(C)C. The highest BCUT2D eigenvalue weighted by molar-refractivity contribution is 4.66. The van der Waals surface area contributed by atoms with E-state index in [0.29, 0.717) is 5.41 Å². The van der Waals surface area contributed by atoms with Crippen LogP contribution < -0.4 is 0 Å². The van der Waals surface area contributed by atoms with Crippen molar-refractivity contribution in [1.29, 1.82) is 0 Å². The third-order valence-electron chi connectivity index (χ3n) is 3.76. The molecule has 1 unspecified atom stereocenters. The second kappa shape index (κ2) is 10.9. The lowest BCUT2D eigenvalue weighted by atomic mass is 9.83. The smallest absolute Gasteiger partial charge is 0.0380 e. The summed E-state index contributed by atoms with van der Waals surface area (Å²) < 4.78 is 0. The number of unbranched alkanes of at least 4 members (excludes halogenated alkanes) is 8. The quantitative estimate of drug-likeness (QED) is 0.349. The van der Waals surface area contributed by atoms with Gasteiger partial charge in [-0.25, -0.2) is 0 Å². The predicted molar refractivity (Wildman–Crippen MR) is 85.1 cm³/mol. The van der Waals surface area contributed by atoms with Gasteiger partial charge in [-0.2, -0.15) is 0 Å². The van der Waals surface area contributed by atoms with Crippen LogP contribution >= 0.6 is 0 Å². The van der Waals surface area contributed by atoms with Gasteiger partial charge in [0.05, 0.1) is 0 Å². The number of rotatable bonds is 11. The molecule has 0 bridgehead atoms. The van der Waals surface area contributed by atoms with Crippen molar-refractivity contribution in [3.8, 4) is 0 Å². The molecule has 110 valence electrons. The van der Waals surface area contributed by atoms with Crippen molar-refractivity contribution in [1.82, 2.24) is 0 Å². The molecule has 0 radical (unpaired) electrons. The highest BCUT2D eigenvalue weighted by Gasteiger charge is 2.14. The van der Waals surface area contributed by atoms with E-state index in [0.717, 1.165) is 5.92 Å². The molecule has 0 aromatic rings. The molecule has 0 amide bonds.